The van der Waals surface area contributed by atoms with Crippen molar-refractivity contribution in [3.05, 3.63) is 42.2 Å². The second-order valence-corrected chi connectivity index (χ2v) is 5.92. The molecule has 1 atom stereocenters. The van der Waals surface area contributed by atoms with Crippen molar-refractivity contribution in [2.24, 2.45) is 0 Å². The molecule has 4 rings (SSSR count). The van der Waals surface area contributed by atoms with E-state index in [0.717, 1.165) is 32.4 Å². The second-order valence-electron chi connectivity index (χ2n) is 5.92. The molecule has 0 aliphatic carbocycles. The van der Waals surface area contributed by atoms with Crippen molar-refractivity contribution in [2.45, 2.75) is 31.8 Å². The molecule has 1 fully saturated rings. The van der Waals surface area contributed by atoms with E-state index < -0.39 is 0 Å². The van der Waals surface area contributed by atoms with Crippen molar-refractivity contribution in [3.63, 3.8) is 0 Å². The molecule has 0 saturated carbocycles. The standard InChI is InChI=1S/C17H19N3O3/c21-17(14-6-3-7-15-16(14)23-12-22-15)20-10-2-1-5-13(20)11-19-9-4-8-18-19/h3-4,6-9,13H,1-2,5,10-12H2/t13-/m0/s1. The predicted octanol–water partition coefficient (Wildman–Crippen LogP) is 2.31. The third-order valence-corrected chi connectivity index (χ3v) is 4.47. The summed E-state index contributed by atoms with van der Waals surface area (Å²) in [5, 5.41) is 4.27. The number of nitrogens with zero attached hydrogens (tertiary/aromatic N) is 3. The van der Waals surface area contributed by atoms with Crippen LogP contribution < -0.4 is 9.47 Å². The molecule has 1 amide bonds. The summed E-state index contributed by atoms with van der Waals surface area (Å²) < 4.78 is 12.8. The Morgan fingerprint density at radius 3 is 3.09 bits per heavy atom. The highest BCUT2D eigenvalue weighted by molar-refractivity contribution is 5.98. The minimum atomic E-state index is 0.0178. The zero-order chi connectivity index (χ0) is 15.6. The number of para-hydroxylation sites is 1. The quantitative estimate of drug-likeness (QED) is 0.872. The second kappa shape index (κ2) is 5.95. The maximum absolute atomic E-state index is 13.1. The number of fused-ring (bicyclic) bond motifs is 1. The highest BCUT2D eigenvalue weighted by atomic mass is 16.7. The van der Waals surface area contributed by atoms with Gasteiger partial charge in [0.1, 0.15) is 0 Å². The lowest BCUT2D eigenvalue weighted by atomic mass is 10.0. The number of carbonyl (C=O) groups is 1. The number of carbonyl (C=O) groups excluding carboxylic acids is 1. The lowest BCUT2D eigenvalue weighted by molar-refractivity contribution is 0.0579. The molecule has 1 saturated heterocycles. The fourth-order valence-corrected chi connectivity index (χ4v) is 3.34. The van der Waals surface area contributed by atoms with Gasteiger partial charge in [0.15, 0.2) is 11.5 Å². The molecule has 120 valence electrons. The zero-order valence-corrected chi connectivity index (χ0v) is 12.9. The van der Waals surface area contributed by atoms with Gasteiger partial charge in [-0.25, -0.2) is 0 Å². The Bertz CT molecular complexity index is 699. The summed E-state index contributed by atoms with van der Waals surface area (Å²) in [6.07, 6.45) is 6.88. The van der Waals surface area contributed by atoms with E-state index in [2.05, 4.69) is 5.10 Å². The summed E-state index contributed by atoms with van der Waals surface area (Å²) in [6, 6.07) is 7.55. The third kappa shape index (κ3) is 2.65. The molecule has 6 heteroatoms. The van der Waals surface area contributed by atoms with Crippen LogP contribution in [0.4, 0.5) is 0 Å². The summed E-state index contributed by atoms with van der Waals surface area (Å²) in [6.45, 7) is 1.68. The van der Waals surface area contributed by atoms with Crippen LogP contribution in [0.3, 0.4) is 0 Å². The van der Waals surface area contributed by atoms with E-state index in [1.807, 2.05) is 40.0 Å². The molecule has 0 unspecified atom stereocenters. The van der Waals surface area contributed by atoms with Gasteiger partial charge in [-0.2, -0.15) is 5.10 Å². The Labute approximate surface area is 134 Å². The summed E-state index contributed by atoms with van der Waals surface area (Å²) in [5.74, 6) is 1.24. The Hall–Kier alpha value is -2.50. The van der Waals surface area contributed by atoms with Crippen molar-refractivity contribution in [3.8, 4) is 11.5 Å². The van der Waals surface area contributed by atoms with Crippen LogP contribution in [0.2, 0.25) is 0 Å². The first-order valence-corrected chi connectivity index (χ1v) is 8.00. The van der Waals surface area contributed by atoms with Gasteiger partial charge in [-0.05, 0) is 37.5 Å². The summed E-state index contributed by atoms with van der Waals surface area (Å²) in [4.78, 5) is 15.0. The molecule has 0 spiro atoms. The van der Waals surface area contributed by atoms with Crippen LogP contribution in [0, 0.1) is 0 Å². The van der Waals surface area contributed by atoms with E-state index >= 15 is 0 Å². The first-order valence-electron chi connectivity index (χ1n) is 8.00. The minimum absolute atomic E-state index is 0.0178. The topological polar surface area (TPSA) is 56.6 Å². The van der Waals surface area contributed by atoms with E-state index in [1.54, 1.807) is 6.20 Å². The van der Waals surface area contributed by atoms with Crippen molar-refractivity contribution in [2.75, 3.05) is 13.3 Å². The average Bonchev–Trinajstić information content (AvgIpc) is 3.25. The van der Waals surface area contributed by atoms with Gasteiger partial charge in [0.2, 0.25) is 6.79 Å². The van der Waals surface area contributed by atoms with Crippen LogP contribution in [0.5, 0.6) is 11.5 Å². The van der Waals surface area contributed by atoms with Crippen molar-refractivity contribution in [1.82, 2.24) is 14.7 Å². The molecule has 6 nitrogen and oxygen atoms in total. The number of likely N-dealkylation sites (tertiary alicyclic amines) is 1. The van der Waals surface area contributed by atoms with Crippen LogP contribution in [-0.4, -0.2) is 40.0 Å². The lowest BCUT2D eigenvalue weighted by Gasteiger charge is -2.36. The highest BCUT2D eigenvalue weighted by Crippen LogP contribution is 2.36. The van der Waals surface area contributed by atoms with Gasteiger partial charge in [-0.3, -0.25) is 9.48 Å². The van der Waals surface area contributed by atoms with Crippen LogP contribution in [-0.2, 0) is 6.54 Å². The van der Waals surface area contributed by atoms with E-state index in [9.17, 15) is 4.79 Å². The molecule has 0 bridgehead atoms. The third-order valence-electron chi connectivity index (χ3n) is 4.47. The van der Waals surface area contributed by atoms with Gasteiger partial charge < -0.3 is 14.4 Å². The monoisotopic (exact) mass is 313 g/mol. The van der Waals surface area contributed by atoms with Crippen LogP contribution in [0.1, 0.15) is 29.6 Å². The molecule has 23 heavy (non-hydrogen) atoms. The Morgan fingerprint density at radius 2 is 2.22 bits per heavy atom. The molecule has 3 heterocycles. The minimum Gasteiger partial charge on any atom is -0.454 e. The largest absolute Gasteiger partial charge is 0.454 e. The van der Waals surface area contributed by atoms with Crippen molar-refractivity contribution in [1.29, 1.82) is 0 Å². The number of piperidine rings is 1. The summed E-state index contributed by atoms with van der Waals surface area (Å²) in [5.41, 5.74) is 0.590. The Morgan fingerprint density at radius 1 is 1.26 bits per heavy atom. The molecule has 1 aromatic carbocycles. The van der Waals surface area contributed by atoms with Crippen molar-refractivity contribution >= 4 is 5.91 Å². The normalized spacial score (nSPS) is 19.8. The van der Waals surface area contributed by atoms with Gasteiger partial charge in [0.05, 0.1) is 18.2 Å². The van der Waals surface area contributed by atoms with Gasteiger partial charge in [0, 0.05) is 18.9 Å². The SMILES string of the molecule is O=C(c1cccc2c1OCO2)N1CCCC[C@H]1Cn1cccn1. The molecular formula is C17H19N3O3. The number of hydrogen-bond acceptors (Lipinski definition) is 4. The van der Waals surface area contributed by atoms with Gasteiger partial charge >= 0.3 is 0 Å². The van der Waals surface area contributed by atoms with Crippen LogP contribution >= 0.6 is 0 Å². The first-order chi connectivity index (χ1) is 11.3. The molecule has 2 aromatic rings. The molecule has 2 aliphatic heterocycles. The number of benzene rings is 1. The number of hydrogen-bond donors (Lipinski definition) is 0. The fraction of sp³-hybridized carbons (Fsp3) is 0.412. The number of aromatic nitrogens is 2. The lowest BCUT2D eigenvalue weighted by Crippen LogP contribution is -2.46. The maximum atomic E-state index is 13.1. The van der Waals surface area contributed by atoms with Crippen LogP contribution in [0.15, 0.2) is 36.7 Å². The van der Waals surface area contributed by atoms with E-state index in [0.29, 0.717) is 17.1 Å². The van der Waals surface area contributed by atoms with Crippen LogP contribution in [0.25, 0.3) is 0 Å². The molecule has 0 N–H and O–H groups in total. The Kier molecular flexibility index (Phi) is 3.65. The molecular weight excluding hydrogens is 294 g/mol. The molecule has 2 aliphatic rings. The van der Waals surface area contributed by atoms with E-state index in [1.165, 1.54) is 0 Å². The molecule has 1 aromatic heterocycles. The highest BCUT2D eigenvalue weighted by Gasteiger charge is 2.31. The van der Waals surface area contributed by atoms with Crippen molar-refractivity contribution < 1.29 is 14.3 Å². The number of amides is 1. The number of ether oxygens (including phenoxy) is 2. The maximum Gasteiger partial charge on any atom is 0.258 e. The fourth-order valence-electron chi connectivity index (χ4n) is 3.34. The molecule has 0 radical (unpaired) electrons. The summed E-state index contributed by atoms with van der Waals surface area (Å²) >= 11 is 0. The van der Waals surface area contributed by atoms with E-state index in [4.69, 9.17) is 9.47 Å². The predicted molar refractivity (Wildman–Crippen MR) is 83.5 cm³/mol. The first kappa shape index (κ1) is 14.1. The van der Waals surface area contributed by atoms with Gasteiger partial charge in [0.25, 0.3) is 5.91 Å². The number of rotatable bonds is 3. The summed E-state index contributed by atoms with van der Waals surface area (Å²) in [7, 11) is 0. The zero-order valence-electron chi connectivity index (χ0n) is 12.9. The smallest absolute Gasteiger partial charge is 0.258 e. The average molecular weight is 313 g/mol. The van der Waals surface area contributed by atoms with E-state index in [-0.39, 0.29) is 18.7 Å². The van der Waals surface area contributed by atoms with Gasteiger partial charge in [-0.15, -0.1) is 0 Å². The van der Waals surface area contributed by atoms with Gasteiger partial charge in [-0.1, -0.05) is 6.07 Å². The Balaban J connectivity index is 1.59.